The molecule has 5 nitrogen and oxygen atoms in total. The first-order valence-corrected chi connectivity index (χ1v) is 4.59. The van der Waals surface area contributed by atoms with Crippen molar-refractivity contribution in [1.82, 2.24) is 5.16 Å². The summed E-state index contributed by atoms with van der Waals surface area (Å²) in [6, 6.07) is 6.21. The summed E-state index contributed by atoms with van der Waals surface area (Å²) in [5, 5.41) is 12.4. The van der Waals surface area contributed by atoms with Crippen molar-refractivity contribution in [2.45, 2.75) is 6.92 Å². The SMILES string of the molecule is Cc1oncc1Oc1cccc(C(=O)O)c1. The third kappa shape index (κ3) is 2.03. The van der Waals surface area contributed by atoms with Crippen molar-refractivity contribution in [3.8, 4) is 11.5 Å². The number of benzene rings is 1. The van der Waals surface area contributed by atoms with Crippen LogP contribution >= 0.6 is 0 Å². The van der Waals surface area contributed by atoms with Gasteiger partial charge in [0.25, 0.3) is 0 Å². The van der Waals surface area contributed by atoms with Crippen molar-refractivity contribution in [2.24, 2.45) is 0 Å². The number of ether oxygens (including phenoxy) is 1. The Labute approximate surface area is 91.3 Å². The van der Waals surface area contributed by atoms with Crippen LogP contribution in [0.3, 0.4) is 0 Å². The Hall–Kier alpha value is -2.30. The van der Waals surface area contributed by atoms with Gasteiger partial charge in [0.05, 0.1) is 5.56 Å². The number of hydrogen-bond acceptors (Lipinski definition) is 4. The van der Waals surface area contributed by atoms with Gasteiger partial charge in [-0.2, -0.15) is 0 Å². The highest BCUT2D eigenvalue weighted by molar-refractivity contribution is 5.88. The molecular weight excluding hydrogens is 210 g/mol. The third-order valence-electron chi connectivity index (χ3n) is 2.02. The minimum absolute atomic E-state index is 0.173. The number of aromatic carboxylic acids is 1. The molecule has 0 atom stereocenters. The summed E-state index contributed by atoms with van der Waals surface area (Å²) in [4.78, 5) is 10.7. The lowest BCUT2D eigenvalue weighted by Gasteiger charge is -2.03. The van der Waals surface area contributed by atoms with Gasteiger partial charge in [-0.3, -0.25) is 0 Å². The van der Waals surface area contributed by atoms with Gasteiger partial charge in [-0.05, 0) is 18.2 Å². The minimum Gasteiger partial charge on any atom is -0.478 e. The van der Waals surface area contributed by atoms with E-state index in [0.29, 0.717) is 17.3 Å². The zero-order chi connectivity index (χ0) is 11.5. The standard InChI is InChI=1S/C11H9NO4/c1-7-10(6-12-16-7)15-9-4-2-3-8(5-9)11(13)14/h2-6H,1H3,(H,13,14). The number of nitrogens with zero attached hydrogens (tertiary/aromatic N) is 1. The van der Waals surface area contributed by atoms with Crippen molar-refractivity contribution >= 4 is 5.97 Å². The topological polar surface area (TPSA) is 72.6 Å². The Kier molecular flexibility index (Phi) is 2.59. The van der Waals surface area contributed by atoms with E-state index in [9.17, 15) is 4.79 Å². The van der Waals surface area contributed by atoms with Crippen LogP contribution in [0.25, 0.3) is 0 Å². The van der Waals surface area contributed by atoms with Crippen LogP contribution < -0.4 is 4.74 Å². The second-order valence-electron chi connectivity index (χ2n) is 3.18. The third-order valence-corrected chi connectivity index (χ3v) is 2.02. The fraction of sp³-hybridized carbons (Fsp3) is 0.0909. The molecule has 0 bridgehead atoms. The van der Waals surface area contributed by atoms with Crippen LogP contribution in [0.2, 0.25) is 0 Å². The van der Waals surface area contributed by atoms with Gasteiger partial charge in [0.15, 0.2) is 11.5 Å². The Morgan fingerprint density at radius 1 is 1.50 bits per heavy atom. The number of carboxylic acid groups (broad SMARTS) is 1. The molecule has 0 saturated carbocycles. The fourth-order valence-corrected chi connectivity index (χ4v) is 1.21. The summed E-state index contributed by atoms with van der Waals surface area (Å²) in [7, 11) is 0. The second-order valence-corrected chi connectivity index (χ2v) is 3.18. The first kappa shape index (κ1) is 10.2. The van der Waals surface area contributed by atoms with Gasteiger partial charge in [-0.1, -0.05) is 11.2 Å². The van der Waals surface area contributed by atoms with Crippen LogP contribution in [0.4, 0.5) is 0 Å². The first-order valence-electron chi connectivity index (χ1n) is 4.59. The molecule has 1 aromatic heterocycles. The van der Waals surface area contributed by atoms with Crippen LogP contribution in [0.1, 0.15) is 16.1 Å². The van der Waals surface area contributed by atoms with E-state index in [1.165, 1.54) is 18.3 Å². The maximum absolute atomic E-state index is 10.7. The zero-order valence-corrected chi connectivity index (χ0v) is 8.51. The quantitative estimate of drug-likeness (QED) is 0.858. The number of aromatic nitrogens is 1. The summed E-state index contributed by atoms with van der Waals surface area (Å²) in [5.41, 5.74) is 0.173. The van der Waals surface area contributed by atoms with Crippen molar-refractivity contribution in [3.05, 3.63) is 41.8 Å². The van der Waals surface area contributed by atoms with Crippen molar-refractivity contribution in [3.63, 3.8) is 0 Å². The van der Waals surface area contributed by atoms with Crippen LogP contribution in [0, 0.1) is 6.92 Å². The maximum Gasteiger partial charge on any atom is 0.335 e. The van der Waals surface area contributed by atoms with E-state index in [1.54, 1.807) is 19.1 Å². The van der Waals surface area contributed by atoms with Crippen LogP contribution in [-0.4, -0.2) is 16.2 Å². The van der Waals surface area contributed by atoms with E-state index in [1.807, 2.05) is 0 Å². The molecule has 0 spiro atoms. The van der Waals surface area contributed by atoms with Crippen LogP contribution in [0.15, 0.2) is 35.0 Å². The molecule has 0 unspecified atom stereocenters. The molecule has 1 heterocycles. The first-order chi connectivity index (χ1) is 7.66. The highest BCUT2D eigenvalue weighted by atomic mass is 16.5. The van der Waals surface area contributed by atoms with E-state index in [4.69, 9.17) is 14.4 Å². The molecule has 0 fully saturated rings. The molecule has 0 aliphatic rings. The number of rotatable bonds is 3. The summed E-state index contributed by atoms with van der Waals surface area (Å²) < 4.78 is 10.2. The molecule has 0 saturated heterocycles. The lowest BCUT2D eigenvalue weighted by atomic mass is 10.2. The molecule has 5 heteroatoms. The normalized spacial score (nSPS) is 10.1. The number of aryl methyl sites for hydroxylation is 1. The highest BCUT2D eigenvalue weighted by Gasteiger charge is 2.08. The van der Waals surface area contributed by atoms with Gasteiger partial charge >= 0.3 is 5.97 Å². The molecule has 2 rings (SSSR count). The molecule has 1 N–H and O–H groups in total. The van der Waals surface area contributed by atoms with Gasteiger partial charge in [0.2, 0.25) is 0 Å². The maximum atomic E-state index is 10.7. The zero-order valence-electron chi connectivity index (χ0n) is 8.51. The fourth-order valence-electron chi connectivity index (χ4n) is 1.21. The Morgan fingerprint density at radius 3 is 2.94 bits per heavy atom. The Balaban J connectivity index is 2.25. The Bertz CT molecular complexity index is 518. The van der Waals surface area contributed by atoms with Crippen molar-refractivity contribution < 1.29 is 19.2 Å². The van der Waals surface area contributed by atoms with Crippen molar-refractivity contribution in [2.75, 3.05) is 0 Å². The smallest absolute Gasteiger partial charge is 0.335 e. The molecule has 0 aliphatic carbocycles. The molecule has 16 heavy (non-hydrogen) atoms. The van der Waals surface area contributed by atoms with Gasteiger partial charge in [0, 0.05) is 6.92 Å². The summed E-state index contributed by atoms with van der Waals surface area (Å²) >= 11 is 0. The van der Waals surface area contributed by atoms with Gasteiger partial charge in [-0.15, -0.1) is 0 Å². The molecular formula is C11H9NO4. The minimum atomic E-state index is -0.993. The number of carboxylic acids is 1. The van der Waals surface area contributed by atoms with E-state index in [2.05, 4.69) is 5.16 Å². The van der Waals surface area contributed by atoms with Crippen molar-refractivity contribution in [1.29, 1.82) is 0 Å². The summed E-state index contributed by atoms with van der Waals surface area (Å²) in [5.74, 6) is 0.460. The molecule has 0 radical (unpaired) electrons. The molecule has 0 aliphatic heterocycles. The monoisotopic (exact) mass is 219 g/mol. The molecule has 1 aromatic carbocycles. The lowest BCUT2D eigenvalue weighted by molar-refractivity contribution is 0.0696. The van der Waals surface area contributed by atoms with E-state index in [-0.39, 0.29) is 5.56 Å². The molecule has 82 valence electrons. The molecule has 2 aromatic rings. The second kappa shape index (κ2) is 4.06. The average molecular weight is 219 g/mol. The summed E-state index contributed by atoms with van der Waals surface area (Å²) in [6.45, 7) is 1.71. The number of hydrogen-bond donors (Lipinski definition) is 1. The Morgan fingerprint density at radius 2 is 2.31 bits per heavy atom. The average Bonchev–Trinajstić information content (AvgIpc) is 2.65. The lowest BCUT2D eigenvalue weighted by Crippen LogP contribution is -1.96. The predicted molar refractivity (Wildman–Crippen MR) is 54.7 cm³/mol. The summed E-state index contributed by atoms with van der Waals surface area (Å²) in [6.07, 6.45) is 1.43. The van der Waals surface area contributed by atoms with E-state index >= 15 is 0 Å². The predicted octanol–water partition coefficient (Wildman–Crippen LogP) is 2.47. The van der Waals surface area contributed by atoms with Crippen LogP contribution in [-0.2, 0) is 0 Å². The largest absolute Gasteiger partial charge is 0.478 e. The van der Waals surface area contributed by atoms with Gasteiger partial charge in [-0.25, -0.2) is 4.79 Å². The number of carbonyl (C=O) groups is 1. The van der Waals surface area contributed by atoms with E-state index in [0.717, 1.165) is 0 Å². The van der Waals surface area contributed by atoms with Gasteiger partial charge < -0.3 is 14.4 Å². The highest BCUT2D eigenvalue weighted by Crippen LogP contribution is 2.24. The van der Waals surface area contributed by atoms with Gasteiger partial charge in [0.1, 0.15) is 11.9 Å². The van der Waals surface area contributed by atoms with E-state index < -0.39 is 5.97 Å². The molecule has 0 amide bonds. The van der Waals surface area contributed by atoms with Crippen LogP contribution in [0.5, 0.6) is 11.5 Å².